The van der Waals surface area contributed by atoms with Gasteiger partial charge in [0.1, 0.15) is 0 Å². The number of rotatable bonds is 9. The Kier molecular flexibility index (Phi) is 7.50. The Labute approximate surface area is 209 Å². The summed E-state index contributed by atoms with van der Waals surface area (Å²) in [7, 11) is -4.85. The van der Waals surface area contributed by atoms with Crippen LogP contribution in [-0.4, -0.2) is 8.76 Å². The molecule has 0 aromatic heterocycles. The molecular formula is C28H28O5PS-. The fraction of sp³-hybridized carbons (Fsp3) is 0.143. The van der Waals surface area contributed by atoms with E-state index in [1.54, 1.807) is 6.07 Å². The Hall–Kier alpha value is -2.86. The predicted molar refractivity (Wildman–Crippen MR) is 142 cm³/mol. The van der Waals surface area contributed by atoms with E-state index >= 15 is 0 Å². The van der Waals surface area contributed by atoms with Gasteiger partial charge in [-0.3, -0.25) is 0 Å². The van der Waals surface area contributed by atoms with Crippen molar-refractivity contribution in [3.63, 3.8) is 0 Å². The van der Waals surface area contributed by atoms with Crippen molar-refractivity contribution in [3.05, 3.63) is 125 Å². The van der Waals surface area contributed by atoms with Crippen molar-refractivity contribution in [1.29, 1.82) is 0 Å². The van der Waals surface area contributed by atoms with Gasteiger partial charge in [-0.25, -0.2) is 0 Å². The van der Waals surface area contributed by atoms with E-state index < -0.39 is 18.6 Å². The molecule has 4 aromatic rings. The van der Waals surface area contributed by atoms with E-state index in [1.807, 2.05) is 118 Å². The number of para-hydroxylation sites is 1. The van der Waals surface area contributed by atoms with Crippen LogP contribution < -0.4 is 15.1 Å². The monoisotopic (exact) mass is 507 g/mol. The van der Waals surface area contributed by atoms with Gasteiger partial charge in [0.15, 0.2) is 0 Å². The van der Waals surface area contributed by atoms with Crippen molar-refractivity contribution in [2.75, 3.05) is 0 Å². The molecule has 0 amide bonds. The maximum absolute atomic E-state index is 12.5. The molecule has 0 fully saturated rings. The molecule has 0 aliphatic carbocycles. The van der Waals surface area contributed by atoms with Gasteiger partial charge in [-0.1, -0.05) is 0 Å². The van der Waals surface area contributed by atoms with Crippen LogP contribution in [0.2, 0.25) is 0 Å². The van der Waals surface area contributed by atoms with Gasteiger partial charge in [-0.2, -0.15) is 0 Å². The van der Waals surface area contributed by atoms with Crippen molar-refractivity contribution in [3.8, 4) is 5.75 Å². The quantitative estimate of drug-likeness (QED) is 0.206. The summed E-state index contributed by atoms with van der Waals surface area (Å²) in [5, 5.41) is 1.10. The Morgan fingerprint density at radius 1 is 0.686 bits per heavy atom. The first-order valence-electron chi connectivity index (χ1n) is 11.2. The number of aryl methyl sites for hydroxylation is 3. The third kappa shape index (κ3) is 4.94. The topological polar surface area (TPSA) is 67.8 Å². The summed E-state index contributed by atoms with van der Waals surface area (Å²) in [6.45, 7) is 5.78. The first-order valence-corrected chi connectivity index (χ1v) is 14.2. The van der Waals surface area contributed by atoms with E-state index in [1.165, 1.54) is 0 Å². The molecule has 182 valence electrons. The van der Waals surface area contributed by atoms with E-state index in [4.69, 9.17) is 13.0 Å². The molecule has 0 saturated carbocycles. The van der Waals surface area contributed by atoms with Crippen molar-refractivity contribution in [1.82, 2.24) is 0 Å². The maximum atomic E-state index is 12.5. The predicted octanol–water partition coefficient (Wildman–Crippen LogP) is 5.97. The summed E-state index contributed by atoms with van der Waals surface area (Å²) in [6, 6.07) is 31.9. The fourth-order valence-corrected chi connectivity index (χ4v) is 9.82. The molecule has 0 saturated heterocycles. The van der Waals surface area contributed by atoms with Gasteiger partial charge in [0, 0.05) is 0 Å². The summed E-state index contributed by atoms with van der Waals surface area (Å²) in [5.41, 5.74) is 3.27. The Morgan fingerprint density at radius 3 is 1.69 bits per heavy atom. The van der Waals surface area contributed by atoms with Gasteiger partial charge < -0.3 is 0 Å². The molecule has 0 bridgehead atoms. The van der Waals surface area contributed by atoms with E-state index in [0.29, 0.717) is 16.4 Å². The number of hydrogen-bond donors (Lipinski definition) is 0. The molecule has 0 N–H and O–H groups in total. The van der Waals surface area contributed by atoms with E-state index in [-0.39, 0.29) is 6.61 Å². The molecule has 35 heavy (non-hydrogen) atoms. The summed E-state index contributed by atoms with van der Waals surface area (Å²) >= 11 is -2.97. The van der Waals surface area contributed by atoms with Gasteiger partial charge in [-0.05, 0) is 0 Å². The fourth-order valence-electron chi connectivity index (χ4n) is 4.22. The van der Waals surface area contributed by atoms with E-state index in [2.05, 4.69) is 0 Å². The second-order valence-corrected chi connectivity index (χ2v) is 12.5. The second kappa shape index (κ2) is 10.4. The zero-order chi connectivity index (χ0) is 24.9. The van der Waals surface area contributed by atoms with Gasteiger partial charge >= 0.3 is 210 Å². The molecule has 0 spiro atoms. The van der Waals surface area contributed by atoms with E-state index in [0.717, 1.165) is 22.3 Å². The summed E-state index contributed by atoms with van der Waals surface area (Å²) in [4.78, 5) is 0. The second-order valence-electron chi connectivity index (χ2n) is 8.35. The normalized spacial score (nSPS) is 13.5. The summed E-state index contributed by atoms with van der Waals surface area (Å²) < 4.78 is 44.8. The van der Waals surface area contributed by atoms with Crippen LogP contribution in [0.3, 0.4) is 0 Å². The first-order chi connectivity index (χ1) is 16.8. The van der Waals surface area contributed by atoms with Crippen molar-refractivity contribution >= 4 is 29.3 Å². The minimum absolute atomic E-state index is 0.0738. The standard InChI is InChI=1S/C28H29O5PS/c1-22-13-7-10-18-26(22)32-34(33-35(29)30,27-19-11-8-14-23(27)2,28-20-12-9-15-24(28)3)31-21-25-16-5-4-6-17-25/h4-20H,21H2,1-3H3,(H,29,30)/p-1. The first kappa shape index (κ1) is 25.2. The molecule has 0 radical (unpaired) electrons. The van der Waals surface area contributed by atoms with Crippen LogP contribution in [0.15, 0.2) is 103 Å². The summed E-state index contributed by atoms with van der Waals surface area (Å²) in [5.74, 6) is 0.482. The molecule has 0 aliphatic rings. The van der Waals surface area contributed by atoms with Crippen LogP contribution in [0, 0.1) is 20.8 Å². The van der Waals surface area contributed by atoms with Crippen molar-refractivity contribution < 1.29 is 21.8 Å². The molecule has 0 aliphatic heterocycles. The number of hydrogen-bond acceptors (Lipinski definition) is 5. The Balaban J connectivity index is 2.12. The molecule has 0 heterocycles. The third-order valence-corrected chi connectivity index (χ3v) is 11.3. The number of benzene rings is 4. The average molecular weight is 508 g/mol. The summed E-state index contributed by atoms with van der Waals surface area (Å²) in [6.07, 6.45) is 0. The zero-order valence-corrected chi connectivity index (χ0v) is 21.6. The van der Waals surface area contributed by atoms with Crippen LogP contribution in [0.4, 0.5) is 0 Å². The van der Waals surface area contributed by atoms with Gasteiger partial charge in [0.25, 0.3) is 0 Å². The molecule has 1 unspecified atom stereocenters. The molecular weight excluding hydrogens is 479 g/mol. The van der Waals surface area contributed by atoms with Crippen LogP contribution in [0.5, 0.6) is 5.75 Å². The molecule has 5 nitrogen and oxygen atoms in total. The molecule has 7 heteroatoms. The van der Waals surface area contributed by atoms with Crippen LogP contribution >= 0.6 is 7.28 Å². The van der Waals surface area contributed by atoms with Crippen LogP contribution in [0.25, 0.3) is 0 Å². The van der Waals surface area contributed by atoms with Crippen molar-refractivity contribution in [2.24, 2.45) is 0 Å². The SMILES string of the molecule is Cc1ccccc1OP(OCc1ccccc1)(OS(=O)[O-])(c1ccccc1C)c1ccccc1C. The van der Waals surface area contributed by atoms with Gasteiger partial charge in [0.2, 0.25) is 0 Å². The molecule has 4 aromatic carbocycles. The minimum atomic E-state index is -4.85. The molecule has 1 atom stereocenters. The van der Waals surface area contributed by atoms with Crippen LogP contribution in [-0.2, 0) is 26.5 Å². The van der Waals surface area contributed by atoms with Crippen molar-refractivity contribution in [2.45, 2.75) is 27.4 Å². The average Bonchev–Trinajstić information content (AvgIpc) is 2.85. The molecule has 4 rings (SSSR count). The van der Waals surface area contributed by atoms with Crippen LogP contribution in [0.1, 0.15) is 22.3 Å². The Morgan fingerprint density at radius 2 is 1.17 bits per heavy atom. The van der Waals surface area contributed by atoms with E-state index in [9.17, 15) is 8.76 Å². The third-order valence-electron chi connectivity index (χ3n) is 5.92. The van der Waals surface area contributed by atoms with Gasteiger partial charge in [-0.15, -0.1) is 0 Å². The Bertz CT molecular complexity index is 1300. The van der Waals surface area contributed by atoms with Gasteiger partial charge in [0.05, 0.1) is 0 Å². The zero-order valence-electron chi connectivity index (χ0n) is 19.9.